The average molecular weight is 273 g/mol. The molecule has 0 spiro atoms. The van der Waals surface area contributed by atoms with Gasteiger partial charge in [-0.2, -0.15) is 0 Å². The Balaban J connectivity index is 2.63. The van der Waals surface area contributed by atoms with Crippen molar-refractivity contribution in [3.63, 3.8) is 0 Å². The van der Waals surface area contributed by atoms with Crippen molar-refractivity contribution < 1.29 is 4.39 Å². The van der Waals surface area contributed by atoms with Gasteiger partial charge in [0.25, 0.3) is 0 Å². The number of benzene rings is 1. The SMILES string of the molecule is CCCCCCc1c(C)ccc(Br)c1F. The summed E-state index contributed by atoms with van der Waals surface area (Å²) in [5.74, 6) is -0.0773. The zero-order valence-electron chi connectivity index (χ0n) is 9.45. The van der Waals surface area contributed by atoms with Crippen molar-refractivity contribution in [3.05, 3.63) is 33.5 Å². The van der Waals surface area contributed by atoms with Crippen molar-refractivity contribution in [3.8, 4) is 0 Å². The van der Waals surface area contributed by atoms with E-state index in [-0.39, 0.29) is 5.82 Å². The quantitative estimate of drug-likeness (QED) is 0.661. The molecule has 0 bridgehead atoms. The van der Waals surface area contributed by atoms with Gasteiger partial charge in [-0.05, 0) is 52.9 Å². The molecule has 0 fully saturated rings. The van der Waals surface area contributed by atoms with Crippen LogP contribution in [0.1, 0.15) is 43.7 Å². The first-order chi connectivity index (χ1) is 7.16. The highest BCUT2D eigenvalue weighted by Crippen LogP contribution is 2.23. The van der Waals surface area contributed by atoms with Crippen molar-refractivity contribution in [1.82, 2.24) is 0 Å². The third-order valence-corrected chi connectivity index (χ3v) is 3.32. The Hall–Kier alpha value is -0.370. The Bertz CT molecular complexity index is 321. The van der Waals surface area contributed by atoms with Crippen molar-refractivity contribution in [2.24, 2.45) is 0 Å². The van der Waals surface area contributed by atoms with Crippen molar-refractivity contribution in [2.45, 2.75) is 46.0 Å². The molecule has 0 heterocycles. The van der Waals surface area contributed by atoms with Gasteiger partial charge in [0.05, 0.1) is 4.47 Å². The molecule has 84 valence electrons. The topological polar surface area (TPSA) is 0 Å². The molecule has 2 heteroatoms. The molecular weight excluding hydrogens is 255 g/mol. The predicted molar refractivity (Wildman–Crippen MR) is 66.7 cm³/mol. The van der Waals surface area contributed by atoms with E-state index in [1.165, 1.54) is 19.3 Å². The molecule has 0 aliphatic carbocycles. The van der Waals surface area contributed by atoms with Gasteiger partial charge < -0.3 is 0 Å². The van der Waals surface area contributed by atoms with Crippen LogP contribution in [0.2, 0.25) is 0 Å². The van der Waals surface area contributed by atoms with Gasteiger partial charge in [-0.3, -0.25) is 0 Å². The van der Waals surface area contributed by atoms with E-state index in [1.54, 1.807) is 6.07 Å². The second-order valence-corrected chi connectivity index (χ2v) is 4.82. The van der Waals surface area contributed by atoms with Gasteiger partial charge in [-0.1, -0.05) is 32.3 Å². The normalized spacial score (nSPS) is 10.7. The Labute approximate surface area is 100 Å². The number of halogens is 2. The molecule has 0 nitrogen and oxygen atoms in total. The van der Waals surface area contributed by atoms with Crippen LogP contribution in [0, 0.1) is 12.7 Å². The van der Waals surface area contributed by atoms with Gasteiger partial charge in [-0.25, -0.2) is 4.39 Å². The Kier molecular flexibility index (Phi) is 5.30. The molecular formula is C13H18BrF. The van der Waals surface area contributed by atoms with E-state index < -0.39 is 0 Å². The second-order valence-electron chi connectivity index (χ2n) is 3.97. The van der Waals surface area contributed by atoms with Crippen LogP contribution in [0.4, 0.5) is 4.39 Å². The molecule has 0 aromatic heterocycles. The van der Waals surface area contributed by atoms with Crippen LogP contribution in [0.5, 0.6) is 0 Å². The number of hydrogen-bond acceptors (Lipinski definition) is 0. The maximum absolute atomic E-state index is 13.7. The molecule has 0 aliphatic rings. The summed E-state index contributed by atoms with van der Waals surface area (Å²) in [5.41, 5.74) is 1.94. The third-order valence-electron chi connectivity index (χ3n) is 2.71. The minimum absolute atomic E-state index is 0.0773. The highest BCUT2D eigenvalue weighted by molar-refractivity contribution is 9.10. The number of aryl methyl sites for hydroxylation is 1. The van der Waals surface area contributed by atoms with Crippen molar-refractivity contribution in [1.29, 1.82) is 0 Å². The predicted octanol–water partition coefficient (Wildman–Crippen LogP) is 5.02. The van der Waals surface area contributed by atoms with Gasteiger partial charge in [-0.15, -0.1) is 0 Å². The van der Waals surface area contributed by atoms with E-state index in [0.717, 1.165) is 24.0 Å². The summed E-state index contributed by atoms with van der Waals surface area (Å²) in [6.45, 7) is 4.16. The Morgan fingerprint density at radius 3 is 2.60 bits per heavy atom. The fraction of sp³-hybridized carbons (Fsp3) is 0.538. The first-order valence-corrected chi connectivity index (χ1v) is 6.39. The summed E-state index contributed by atoms with van der Waals surface area (Å²) in [6.07, 6.45) is 5.61. The molecule has 0 aliphatic heterocycles. The van der Waals surface area contributed by atoms with Crippen LogP contribution < -0.4 is 0 Å². The molecule has 1 rings (SSSR count). The maximum atomic E-state index is 13.7. The molecule has 0 N–H and O–H groups in total. The summed E-state index contributed by atoms with van der Waals surface area (Å²) >= 11 is 3.23. The van der Waals surface area contributed by atoms with Crippen LogP contribution >= 0.6 is 15.9 Å². The van der Waals surface area contributed by atoms with Crippen molar-refractivity contribution in [2.75, 3.05) is 0 Å². The minimum Gasteiger partial charge on any atom is -0.205 e. The third kappa shape index (κ3) is 3.60. The molecule has 0 unspecified atom stereocenters. The highest BCUT2D eigenvalue weighted by atomic mass is 79.9. The van der Waals surface area contributed by atoms with E-state index in [1.807, 2.05) is 13.0 Å². The van der Waals surface area contributed by atoms with Crippen LogP contribution in [0.25, 0.3) is 0 Å². The lowest BCUT2D eigenvalue weighted by Crippen LogP contribution is -1.96. The Morgan fingerprint density at radius 1 is 1.20 bits per heavy atom. The lowest BCUT2D eigenvalue weighted by Gasteiger charge is -2.08. The number of rotatable bonds is 5. The average Bonchev–Trinajstić information content (AvgIpc) is 2.23. The fourth-order valence-electron chi connectivity index (χ4n) is 1.72. The second kappa shape index (κ2) is 6.26. The summed E-state index contributed by atoms with van der Waals surface area (Å²) < 4.78 is 14.3. The molecule has 0 amide bonds. The van der Waals surface area contributed by atoms with Gasteiger partial charge in [0.15, 0.2) is 0 Å². The summed E-state index contributed by atoms with van der Waals surface area (Å²) in [5, 5.41) is 0. The first kappa shape index (κ1) is 12.7. The Morgan fingerprint density at radius 2 is 1.93 bits per heavy atom. The van der Waals surface area contributed by atoms with Crippen LogP contribution in [0.15, 0.2) is 16.6 Å². The molecule has 0 atom stereocenters. The van der Waals surface area contributed by atoms with E-state index in [9.17, 15) is 4.39 Å². The van der Waals surface area contributed by atoms with Crippen LogP contribution in [-0.4, -0.2) is 0 Å². The zero-order chi connectivity index (χ0) is 11.3. The lowest BCUT2D eigenvalue weighted by atomic mass is 10.0. The van der Waals surface area contributed by atoms with Crippen LogP contribution in [-0.2, 0) is 6.42 Å². The van der Waals surface area contributed by atoms with Gasteiger partial charge in [0.2, 0.25) is 0 Å². The summed E-state index contributed by atoms with van der Waals surface area (Å²) in [7, 11) is 0. The van der Waals surface area contributed by atoms with E-state index in [4.69, 9.17) is 0 Å². The summed E-state index contributed by atoms with van der Waals surface area (Å²) in [4.78, 5) is 0. The number of hydrogen-bond donors (Lipinski definition) is 0. The van der Waals surface area contributed by atoms with Crippen molar-refractivity contribution >= 4 is 15.9 Å². The largest absolute Gasteiger partial charge is 0.205 e. The van der Waals surface area contributed by atoms with E-state index in [0.29, 0.717) is 4.47 Å². The van der Waals surface area contributed by atoms with Crippen LogP contribution in [0.3, 0.4) is 0 Å². The standard InChI is InChI=1S/C13H18BrF/c1-3-4-5-6-7-11-10(2)8-9-12(14)13(11)15/h8-9H,3-7H2,1-2H3. The molecule has 1 aromatic rings. The molecule has 15 heavy (non-hydrogen) atoms. The molecule has 1 aromatic carbocycles. The summed E-state index contributed by atoms with van der Waals surface area (Å²) in [6, 6.07) is 3.75. The first-order valence-electron chi connectivity index (χ1n) is 5.60. The van der Waals surface area contributed by atoms with Gasteiger partial charge in [0, 0.05) is 0 Å². The monoisotopic (exact) mass is 272 g/mol. The van der Waals surface area contributed by atoms with E-state index in [2.05, 4.69) is 22.9 Å². The fourth-order valence-corrected chi connectivity index (χ4v) is 2.10. The zero-order valence-corrected chi connectivity index (χ0v) is 11.0. The van der Waals surface area contributed by atoms with Gasteiger partial charge >= 0.3 is 0 Å². The highest BCUT2D eigenvalue weighted by Gasteiger charge is 2.08. The molecule has 0 saturated carbocycles. The maximum Gasteiger partial charge on any atom is 0.140 e. The molecule has 0 radical (unpaired) electrons. The number of unbranched alkanes of at least 4 members (excludes halogenated alkanes) is 3. The smallest absolute Gasteiger partial charge is 0.140 e. The molecule has 0 saturated heterocycles. The minimum atomic E-state index is -0.0773. The van der Waals surface area contributed by atoms with E-state index >= 15 is 0 Å². The van der Waals surface area contributed by atoms with Gasteiger partial charge in [0.1, 0.15) is 5.82 Å². The lowest BCUT2D eigenvalue weighted by molar-refractivity contribution is 0.586.